The lowest BCUT2D eigenvalue weighted by molar-refractivity contribution is -0.131. The molecule has 0 amide bonds. The van der Waals surface area contributed by atoms with Crippen molar-refractivity contribution in [1.82, 2.24) is 0 Å². The molecule has 0 aliphatic rings. The molecule has 0 fully saturated rings. The molecule has 0 bridgehead atoms. The molecular formula is C12H24O4. The average Bonchev–Trinajstić information content (AvgIpc) is 2.27. The second kappa shape index (κ2) is 16.6. The maximum Gasteiger partial charge on any atom is 0.327 e. The van der Waals surface area contributed by atoms with Gasteiger partial charge in [-0.25, -0.2) is 4.79 Å². The molecule has 0 aliphatic carbocycles. The van der Waals surface area contributed by atoms with E-state index in [1.54, 1.807) is 6.08 Å². The summed E-state index contributed by atoms with van der Waals surface area (Å²) >= 11 is 0. The first-order valence-electron chi connectivity index (χ1n) is 5.80. The van der Waals surface area contributed by atoms with Gasteiger partial charge in [0.2, 0.25) is 0 Å². The molecule has 0 radical (unpaired) electrons. The van der Waals surface area contributed by atoms with Crippen molar-refractivity contribution in [3.8, 4) is 0 Å². The Balaban J connectivity index is 0. The third-order valence-corrected chi connectivity index (χ3v) is 1.81. The zero-order valence-electron chi connectivity index (χ0n) is 10.1. The predicted octanol–water partition coefficient (Wildman–Crippen LogP) is 1.96. The van der Waals surface area contributed by atoms with Crippen LogP contribution in [-0.4, -0.2) is 34.5 Å². The van der Waals surface area contributed by atoms with Crippen molar-refractivity contribution in [1.29, 1.82) is 0 Å². The number of carboxylic acids is 1. The molecule has 0 aromatic heterocycles. The smallest absolute Gasteiger partial charge is 0.327 e. The molecule has 0 aliphatic heterocycles. The highest BCUT2D eigenvalue weighted by Crippen LogP contribution is 2.00. The minimum absolute atomic E-state index is 0.305. The molecule has 0 aromatic carbocycles. The fourth-order valence-electron chi connectivity index (χ4n) is 0.973. The van der Waals surface area contributed by atoms with E-state index in [1.807, 2.05) is 6.92 Å². The fourth-order valence-corrected chi connectivity index (χ4v) is 0.973. The Morgan fingerprint density at radius 1 is 1.00 bits per heavy atom. The van der Waals surface area contributed by atoms with Crippen molar-refractivity contribution in [3.05, 3.63) is 12.2 Å². The number of hydrogen-bond acceptors (Lipinski definition) is 3. The Bertz CT molecular complexity index is 160. The van der Waals surface area contributed by atoms with E-state index >= 15 is 0 Å². The minimum Gasteiger partial charge on any atom is -0.478 e. The predicted molar refractivity (Wildman–Crippen MR) is 64.3 cm³/mol. The number of aliphatic carboxylic acids is 1. The summed E-state index contributed by atoms with van der Waals surface area (Å²) < 4.78 is 0. The van der Waals surface area contributed by atoms with Gasteiger partial charge >= 0.3 is 5.97 Å². The van der Waals surface area contributed by atoms with Crippen molar-refractivity contribution < 1.29 is 20.1 Å². The molecule has 0 saturated carbocycles. The van der Waals surface area contributed by atoms with E-state index in [2.05, 4.69) is 0 Å². The van der Waals surface area contributed by atoms with Crippen LogP contribution in [0.5, 0.6) is 0 Å². The van der Waals surface area contributed by atoms with E-state index in [9.17, 15) is 4.79 Å². The topological polar surface area (TPSA) is 77.8 Å². The molecular weight excluding hydrogens is 208 g/mol. The summed E-state index contributed by atoms with van der Waals surface area (Å²) in [5.74, 6) is -0.873. The van der Waals surface area contributed by atoms with Crippen molar-refractivity contribution in [2.75, 3.05) is 13.2 Å². The molecule has 4 nitrogen and oxygen atoms in total. The lowest BCUT2D eigenvalue weighted by Gasteiger charge is -1.95. The first-order valence-corrected chi connectivity index (χ1v) is 5.80. The summed E-state index contributed by atoms with van der Waals surface area (Å²) in [7, 11) is 0. The number of carbonyl (C=O) groups is 1. The molecule has 0 saturated heterocycles. The van der Waals surface area contributed by atoms with Crippen LogP contribution in [0.2, 0.25) is 0 Å². The lowest BCUT2D eigenvalue weighted by Crippen LogP contribution is -1.85. The lowest BCUT2D eigenvalue weighted by atomic mass is 10.2. The third kappa shape index (κ3) is 23.2. The van der Waals surface area contributed by atoms with E-state index in [-0.39, 0.29) is 0 Å². The second-order valence-electron chi connectivity index (χ2n) is 3.36. The summed E-state index contributed by atoms with van der Waals surface area (Å²) in [6, 6.07) is 0. The Labute approximate surface area is 97.6 Å². The first-order chi connectivity index (χ1) is 7.68. The maximum atomic E-state index is 9.67. The van der Waals surface area contributed by atoms with Crippen molar-refractivity contribution in [2.24, 2.45) is 0 Å². The van der Waals surface area contributed by atoms with Gasteiger partial charge in [-0.15, -0.1) is 0 Å². The van der Waals surface area contributed by atoms with Gasteiger partial charge in [-0.1, -0.05) is 32.3 Å². The van der Waals surface area contributed by atoms with E-state index < -0.39 is 5.97 Å². The van der Waals surface area contributed by atoms with Gasteiger partial charge in [0.1, 0.15) is 0 Å². The summed E-state index contributed by atoms with van der Waals surface area (Å²) in [4.78, 5) is 9.67. The standard InChI is InChI=1S/C7H16O2.C5H8O2/c8-6-4-2-1-3-5-7-9;1-2-3-4-5(6)7/h8-9H,1-7H2;3-4H,2H2,1H3,(H,6,7). The van der Waals surface area contributed by atoms with E-state index in [0.29, 0.717) is 13.2 Å². The number of hydrogen-bond donors (Lipinski definition) is 3. The Morgan fingerprint density at radius 3 is 1.69 bits per heavy atom. The highest BCUT2D eigenvalue weighted by molar-refractivity contribution is 5.79. The first kappa shape index (κ1) is 17.5. The Morgan fingerprint density at radius 2 is 1.44 bits per heavy atom. The number of unbranched alkanes of at least 4 members (excludes halogenated alkanes) is 4. The van der Waals surface area contributed by atoms with Crippen LogP contribution >= 0.6 is 0 Å². The molecule has 3 N–H and O–H groups in total. The highest BCUT2D eigenvalue weighted by Gasteiger charge is 1.86. The van der Waals surface area contributed by atoms with Gasteiger partial charge in [-0.2, -0.15) is 0 Å². The zero-order valence-corrected chi connectivity index (χ0v) is 10.1. The van der Waals surface area contributed by atoms with Crippen LogP contribution in [0.15, 0.2) is 12.2 Å². The van der Waals surface area contributed by atoms with Crippen LogP contribution in [0.4, 0.5) is 0 Å². The molecule has 0 aromatic rings. The fraction of sp³-hybridized carbons (Fsp3) is 0.750. The summed E-state index contributed by atoms with van der Waals surface area (Å²) in [6.45, 7) is 2.50. The van der Waals surface area contributed by atoms with E-state index in [0.717, 1.165) is 44.6 Å². The van der Waals surface area contributed by atoms with Crippen LogP contribution in [-0.2, 0) is 4.79 Å². The Kier molecular flexibility index (Phi) is 18.1. The molecule has 0 rings (SSSR count). The van der Waals surface area contributed by atoms with Gasteiger partial charge in [0.15, 0.2) is 0 Å². The minimum atomic E-state index is -0.873. The molecule has 0 unspecified atom stereocenters. The molecule has 4 heteroatoms. The monoisotopic (exact) mass is 232 g/mol. The van der Waals surface area contributed by atoms with Gasteiger partial charge in [0.25, 0.3) is 0 Å². The largest absolute Gasteiger partial charge is 0.478 e. The van der Waals surface area contributed by atoms with Gasteiger partial charge < -0.3 is 15.3 Å². The average molecular weight is 232 g/mol. The maximum absolute atomic E-state index is 9.67. The normalized spacial score (nSPS) is 9.94. The van der Waals surface area contributed by atoms with Crippen molar-refractivity contribution in [2.45, 2.75) is 45.4 Å². The molecule has 0 heterocycles. The molecule has 16 heavy (non-hydrogen) atoms. The van der Waals surface area contributed by atoms with Gasteiger partial charge in [-0.3, -0.25) is 0 Å². The highest BCUT2D eigenvalue weighted by atomic mass is 16.4. The van der Waals surface area contributed by atoms with Gasteiger partial charge in [0, 0.05) is 19.3 Å². The van der Waals surface area contributed by atoms with Crippen molar-refractivity contribution >= 4 is 5.97 Å². The quantitative estimate of drug-likeness (QED) is 0.441. The molecule has 0 atom stereocenters. The van der Waals surface area contributed by atoms with Gasteiger partial charge in [0.05, 0.1) is 0 Å². The summed E-state index contributed by atoms with van der Waals surface area (Å²) in [5, 5.41) is 24.7. The number of allylic oxidation sites excluding steroid dienone is 1. The van der Waals surface area contributed by atoms with Crippen LogP contribution < -0.4 is 0 Å². The summed E-state index contributed by atoms with van der Waals surface area (Å²) in [5.41, 5.74) is 0. The number of aliphatic hydroxyl groups is 2. The van der Waals surface area contributed by atoms with Crippen LogP contribution in [0.1, 0.15) is 45.4 Å². The third-order valence-electron chi connectivity index (χ3n) is 1.81. The molecule has 96 valence electrons. The number of carboxylic acid groups (broad SMARTS) is 1. The number of aliphatic hydroxyl groups excluding tert-OH is 2. The van der Waals surface area contributed by atoms with Crippen LogP contribution in [0, 0.1) is 0 Å². The van der Waals surface area contributed by atoms with E-state index in [1.165, 1.54) is 0 Å². The number of rotatable bonds is 8. The Hall–Kier alpha value is -0.870. The second-order valence-corrected chi connectivity index (χ2v) is 3.36. The van der Waals surface area contributed by atoms with Crippen LogP contribution in [0.3, 0.4) is 0 Å². The SMILES string of the molecule is CCC=CC(=O)O.OCCCCCCCO. The zero-order chi connectivity index (χ0) is 12.6. The van der Waals surface area contributed by atoms with Crippen LogP contribution in [0.25, 0.3) is 0 Å². The van der Waals surface area contributed by atoms with Gasteiger partial charge in [-0.05, 0) is 19.3 Å². The molecule has 0 spiro atoms. The van der Waals surface area contributed by atoms with E-state index in [4.69, 9.17) is 15.3 Å². The summed E-state index contributed by atoms with van der Waals surface area (Å²) in [6.07, 6.45) is 8.67. The van der Waals surface area contributed by atoms with Crippen molar-refractivity contribution in [3.63, 3.8) is 0 Å².